The maximum absolute atomic E-state index is 5.85. The van der Waals surface area contributed by atoms with Gasteiger partial charge in [0.2, 0.25) is 0 Å². The Morgan fingerprint density at radius 3 is 2.28 bits per heavy atom. The van der Waals surface area contributed by atoms with Gasteiger partial charge in [0.05, 0.1) is 6.61 Å². The summed E-state index contributed by atoms with van der Waals surface area (Å²) in [4.78, 5) is 0. The van der Waals surface area contributed by atoms with Crippen LogP contribution in [0, 0.1) is 0 Å². The monoisotopic (exact) mass is 306 g/mol. The van der Waals surface area contributed by atoms with Crippen LogP contribution in [0.3, 0.4) is 0 Å². The van der Waals surface area contributed by atoms with Gasteiger partial charge in [0.1, 0.15) is 17.2 Å². The first kappa shape index (κ1) is 13.0. The topological polar surface area (TPSA) is 18.5 Å². The van der Waals surface area contributed by atoms with Gasteiger partial charge in [0.15, 0.2) is 0 Å². The summed E-state index contributed by atoms with van der Waals surface area (Å²) in [5.41, 5.74) is 1.13. The molecule has 0 amide bonds. The normalized spacial score (nSPS) is 10.1. The van der Waals surface area contributed by atoms with Gasteiger partial charge in [-0.15, -0.1) is 0 Å². The number of halogens is 1. The molecule has 0 aliphatic rings. The van der Waals surface area contributed by atoms with Crippen LogP contribution < -0.4 is 9.47 Å². The minimum Gasteiger partial charge on any atom is -0.494 e. The lowest BCUT2D eigenvalue weighted by Crippen LogP contribution is -1.92. The summed E-state index contributed by atoms with van der Waals surface area (Å²) in [6.07, 6.45) is 0. The van der Waals surface area contributed by atoms with Gasteiger partial charge >= 0.3 is 0 Å². The van der Waals surface area contributed by atoms with Crippen molar-refractivity contribution in [2.45, 2.75) is 12.3 Å². The number of hydrogen-bond acceptors (Lipinski definition) is 2. The van der Waals surface area contributed by atoms with Crippen LogP contribution in [0.2, 0.25) is 0 Å². The van der Waals surface area contributed by atoms with E-state index < -0.39 is 0 Å². The van der Waals surface area contributed by atoms with Gasteiger partial charge in [-0.2, -0.15) is 0 Å². The van der Waals surface area contributed by atoms with Gasteiger partial charge in [-0.1, -0.05) is 34.1 Å². The van der Waals surface area contributed by atoms with Gasteiger partial charge < -0.3 is 9.47 Å². The van der Waals surface area contributed by atoms with Crippen LogP contribution >= 0.6 is 15.9 Å². The van der Waals surface area contributed by atoms with Gasteiger partial charge in [0.25, 0.3) is 0 Å². The lowest BCUT2D eigenvalue weighted by molar-refractivity contribution is 0.339. The average Bonchev–Trinajstić information content (AvgIpc) is 2.42. The van der Waals surface area contributed by atoms with Crippen LogP contribution in [0.1, 0.15) is 12.5 Å². The molecule has 0 aliphatic carbocycles. The molecule has 0 unspecified atom stereocenters. The number of alkyl halides is 1. The third-order valence-electron chi connectivity index (χ3n) is 2.48. The molecule has 0 radical (unpaired) electrons. The molecule has 0 bridgehead atoms. The minimum atomic E-state index is 0.673. The van der Waals surface area contributed by atoms with Crippen LogP contribution in [0.25, 0.3) is 0 Å². The van der Waals surface area contributed by atoms with E-state index >= 15 is 0 Å². The Bertz CT molecular complexity index is 494. The molecule has 0 spiro atoms. The SMILES string of the molecule is CCOc1ccc(Oc2ccccc2CBr)cc1. The van der Waals surface area contributed by atoms with Crippen molar-refractivity contribution in [2.24, 2.45) is 0 Å². The van der Waals surface area contributed by atoms with Gasteiger partial charge in [-0.25, -0.2) is 0 Å². The zero-order valence-corrected chi connectivity index (χ0v) is 11.8. The van der Waals surface area contributed by atoms with Gasteiger partial charge in [-0.05, 0) is 37.3 Å². The number of hydrogen-bond donors (Lipinski definition) is 0. The molecule has 94 valence electrons. The molecule has 18 heavy (non-hydrogen) atoms. The average molecular weight is 307 g/mol. The van der Waals surface area contributed by atoms with E-state index in [0.717, 1.165) is 28.1 Å². The highest BCUT2D eigenvalue weighted by Crippen LogP contribution is 2.27. The second-order valence-electron chi connectivity index (χ2n) is 3.75. The molecule has 2 aromatic rings. The van der Waals surface area contributed by atoms with E-state index in [-0.39, 0.29) is 0 Å². The van der Waals surface area contributed by atoms with Crippen molar-refractivity contribution < 1.29 is 9.47 Å². The van der Waals surface area contributed by atoms with Crippen molar-refractivity contribution in [2.75, 3.05) is 6.61 Å². The molecule has 0 atom stereocenters. The number of benzene rings is 2. The van der Waals surface area contributed by atoms with Gasteiger partial charge in [-0.3, -0.25) is 0 Å². The molecular weight excluding hydrogens is 292 g/mol. The zero-order chi connectivity index (χ0) is 12.8. The molecule has 0 heterocycles. The Morgan fingerprint density at radius 2 is 1.61 bits per heavy atom. The Morgan fingerprint density at radius 1 is 0.944 bits per heavy atom. The maximum Gasteiger partial charge on any atom is 0.131 e. The van der Waals surface area contributed by atoms with Crippen LogP contribution in [0.4, 0.5) is 0 Å². The third kappa shape index (κ3) is 3.26. The second kappa shape index (κ2) is 6.45. The fourth-order valence-corrected chi connectivity index (χ4v) is 2.07. The van der Waals surface area contributed by atoms with Crippen molar-refractivity contribution in [3.8, 4) is 17.2 Å². The smallest absolute Gasteiger partial charge is 0.131 e. The predicted octanol–water partition coefficient (Wildman–Crippen LogP) is 4.77. The highest BCUT2D eigenvalue weighted by molar-refractivity contribution is 9.08. The highest BCUT2D eigenvalue weighted by Gasteiger charge is 2.03. The second-order valence-corrected chi connectivity index (χ2v) is 4.31. The van der Waals surface area contributed by atoms with Crippen LogP contribution in [0.5, 0.6) is 17.2 Å². The lowest BCUT2D eigenvalue weighted by atomic mass is 10.2. The molecule has 0 fully saturated rings. The summed E-state index contributed by atoms with van der Waals surface area (Å²) in [6.45, 7) is 2.64. The number of para-hydroxylation sites is 1. The molecule has 2 aromatic carbocycles. The Kier molecular flexibility index (Phi) is 4.65. The third-order valence-corrected chi connectivity index (χ3v) is 3.08. The molecule has 0 aromatic heterocycles. The molecule has 0 N–H and O–H groups in total. The summed E-state index contributed by atoms with van der Waals surface area (Å²) in [5.74, 6) is 2.55. The van der Waals surface area contributed by atoms with E-state index in [1.54, 1.807) is 0 Å². The van der Waals surface area contributed by atoms with Crippen molar-refractivity contribution in [1.29, 1.82) is 0 Å². The summed E-state index contributed by atoms with van der Waals surface area (Å²) < 4.78 is 11.2. The Hall–Kier alpha value is -1.48. The predicted molar refractivity (Wildman–Crippen MR) is 76.8 cm³/mol. The molecular formula is C15H15BrO2. The van der Waals surface area contributed by atoms with Crippen LogP contribution in [0.15, 0.2) is 48.5 Å². The lowest BCUT2D eigenvalue weighted by Gasteiger charge is -2.10. The summed E-state index contributed by atoms with van der Waals surface area (Å²) in [6, 6.07) is 15.6. The van der Waals surface area contributed by atoms with E-state index in [4.69, 9.17) is 9.47 Å². The first-order valence-corrected chi connectivity index (χ1v) is 7.00. The number of rotatable bonds is 5. The summed E-state index contributed by atoms with van der Waals surface area (Å²) >= 11 is 3.45. The van der Waals surface area contributed by atoms with Crippen molar-refractivity contribution in [1.82, 2.24) is 0 Å². The largest absolute Gasteiger partial charge is 0.494 e. The number of ether oxygens (including phenoxy) is 2. The quantitative estimate of drug-likeness (QED) is 0.741. The molecule has 0 saturated heterocycles. The first-order chi connectivity index (χ1) is 8.83. The fraction of sp³-hybridized carbons (Fsp3) is 0.200. The van der Waals surface area contributed by atoms with E-state index in [0.29, 0.717) is 6.61 Å². The van der Waals surface area contributed by atoms with E-state index in [9.17, 15) is 0 Å². The van der Waals surface area contributed by atoms with E-state index in [2.05, 4.69) is 15.9 Å². The minimum absolute atomic E-state index is 0.673. The van der Waals surface area contributed by atoms with E-state index in [1.807, 2.05) is 55.5 Å². The molecule has 2 nitrogen and oxygen atoms in total. The Labute approximate surface area is 116 Å². The fourth-order valence-electron chi connectivity index (χ4n) is 1.61. The first-order valence-electron chi connectivity index (χ1n) is 5.88. The Balaban J connectivity index is 2.13. The summed E-state index contributed by atoms with van der Waals surface area (Å²) in [7, 11) is 0. The molecule has 0 saturated carbocycles. The van der Waals surface area contributed by atoms with Crippen LogP contribution in [-0.4, -0.2) is 6.61 Å². The van der Waals surface area contributed by atoms with Crippen molar-refractivity contribution in [3.63, 3.8) is 0 Å². The van der Waals surface area contributed by atoms with Crippen molar-refractivity contribution >= 4 is 15.9 Å². The van der Waals surface area contributed by atoms with Crippen molar-refractivity contribution in [3.05, 3.63) is 54.1 Å². The highest BCUT2D eigenvalue weighted by atomic mass is 79.9. The standard InChI is InChI=1S/C15H15BrO2/c1-2-17-13-7-9-14(10-8-13)18-15-6-4-3-5-12(15)11-16/h3-10H,2,11H2,1H3. The summed E-state index contributed by atoms with van der Waals surface area (Å²) in [5, 5.41) is 0.778. The van der Waals surface area contributed by atoms with E-state index in [1.165, 1.54) is 0 Å². The molecule has 0 aliphatic heterocycles. The zero-order valence-electron chi connectivity index (χ0n) is 10.2. The molecule has 3 heteroatoms. The maximum atomic E-state index is 5.85. The van der Waals surface area contributed by atoms with Crippen LogP contribution in [-0.2, 0) is 5.33 Å². The molecule has 2 rings (SSSR count). The van der Waals surface area contributed by atoms with Gasteiger partial charge in [0, 0.05) is 10.9 Å².